The standard InChI is InChI=1S/C21H14ClF3N8O/c1-2-32(18-14(8-26)17(27)30-20(28)31-18)21-29-16-13(6-11(25)7-15(16)22)19(34)33(21)12-4-9(23)3-10(24)5-12/h3-7H,2H2,1H3,(H4,27,28,30,31). The predicted molar refractivity (Wildman–Crippen MR) is 120 cm³/mol. The van der Waals surface area contributed by atoms with E-state index in [1.54, 1.807) is 6.92 Å². The van der Waals surface area contributed by atoms with Gasteiger partial charge in [0, 0.05) is 12.6 Å². The summed E-state index contributed by atoms with van der Waals surface area (Å²) in [6, 6.07) is 6.14. The van der Waals surface area contributed by atoms with Gasteiger partial charge in [0.2, 0.25) is 11.9 Å². The Balaban J connectivity index is 2.17. The summed E-state index contributed by atoms with van der Waals surface area (Å²) in [7, 11) is 0. The summed E-state index contributed by atoms with van der Waals surface area (Å²) >= 11 is 6.15. The van der Waals surface area contributed by atoms with Crippen LogP contribution in [-0.2, 0) is 0 Å². The topological polar surface area (TPSA) is 140 Å². The molecule has 4 aromatic rings. The van der Waals surface area contributed by atoms with Crippen LogP contribution in [0.2, 0.25) is 5.02 Å². The van der Waals surface area contributed by atoms with Gasteiger partial charge in [0.15, 0.2) is 5.82 Å². The van der Waals surface area contributed by atoms with Crippen molar-refractivity contribution in [2.75, 3.05) is 22.9 Å². The van der Waals surface area contributed by atoms with Crippen LogP contribution in [0.5, 0.6) is 0 Å². The van der Waals surface area contributed by atoms with E-state index in [1.807, 2.05) is 6.07 Å². The Kier molecular flexibility index (Phi) is 5.72. The molecular weight excluding hydrogens is 473 g/mol. The average Bonchev–Trinajstić information content (AvgIpc) is 2.74. The zero-order valence-electron chi connectivity index (χ0n) is 17.4. The Morgan fingerprint density at radius 3 is 2.32 bits per heavy atom. The lowest BCUT2D eigenvalue weighted by Gasteiger charge is -2.26. The average molecular weight is 487 g/mol. The summed E-state index contributed by atoms with van der Waals surface area (Å²) in [5.74, 6) is -3.58. The molecule has 0 saturated heterocycles. The van der Waals surface area contributed by atoms with E-state index in [4.69, 9.17) is 23.1 Å². The lowest BCUT2D eigenvalue weighted by molar-refractivity contribution is 0.581. The molecule has 2 aromatic carbocycles. The van der Waals surface area contributed by atoms with E-state index in [-0.39, 0.29) is 57.3 Å². The molecule has 0 spiro atoms. The second-order valence-electron chi connectivity index (χ2n) is 6.99. The highest BCUT2D eigenvalue weighted by molar-refractivity contribution is 6.35. The molecule has 0 amide bonds. The van der Waals surface area contributed by atoms with Crippen molar-refractivity contribution in [1.29, 1.82) is 5.26 Å². The largest absolute Gasteiger partial charge is 0.382 e. The van der Waals surface area contributed by atoms with Crippen molar-refractivity contribution in [3.05, 3.63) is 68.7 Å². The van der Waals surface area contributed by atoms with Gasteiger partial charge < -0.3 is 11.5 Å². The monoisotopic (exact) mass is 486 g/mol. The minimum atomic E-state index is -0.971. The summed E-state index contributed by atoms with van der Waals surface area (Å²) in [6.45, 7) is 1.67. The van der Waals surface area contributed by atoms with Gasteiger partial charge in [0.1, 0.15) is 34.9 Å². The van der Waals surface area contributed by atoms with E-state index >= 15 is 0 Å². The molecule has 0 aliphatic rings. The first kappa shape index (κ1) is 22.8. The molecule has 4 N–H and O–H groups in total. The molecule has 0 atom stereocenters. The summed E-state index contributed by atoms with van der Waals surface area (Å²) in [4.78, 5) is 27.0. The van der Waals surface area contributed by atoms with Gasteiger partial charge in [-0.3, -0.25) is 9.69 Å². The van der Waals surface area contributed by atoms with Crippen molar-refractivity contribution < 1.29 is 13.2 Å². The minimum absolute atomic E-state index is 0.0408. The first-order valence-electron chi connectivity index (χ1n) is 9.63. The van der Waals surface area contributed by atoms with Gasteiger partial charge >= 0.3 is 0 Å². The number of nitrogens with zero attached hydrogens (tertiary/aromatic N) is 6. The Morgan fingerprint density at radius 2 is 1.71 bits per heavy atom. The van der Waals surface area contributed by atoms with Crippen LogP contribution in [0.15, 0.2) is 35.1 Å². The number of hydrogen-bond acceptors (Lipinski definition) is 8. The number of nitrogens with two attached hydrogens (primary N) is 2. The van der Waals surface area contributed by atoms with Crippen LogP contribution in [-0.4, -0.2) is 26.1 Å². The minimum Gasteiger partial charge on any atom is -0.382 e. The van der Waals surface area contributed by atoms with E-state index in [1.165, 1.54) is 4.90 Å². The van der Waals surface area contributed by atoms with Crippen molar-refractivity contribution in [2.45, 2.75) is 6.92 Å². The molecule has 0 saturated carbocycles. The fourth-order valence-electron chi connectivity index (χ4n) is 3.46. The Hall–Kier alpha value is -4.37. The fourth-order valence-corrected chi connectivity index (χ4v) is 3.71. The van der Waals surface area contributed by atoms with Crippen molar-refractivity contribution >= 4 is 46.0 Å². The number of aromatic nitrogens is 4. The van der Waals surface area contributed by atoms with Crippen molar-refractivity contribution in [2.24, 2.45) is 0 Å². The van der Waals surface area contributed by atoms with Gasteiger partial charge in [0.25, 0.3) is 5.56 Å². The number of rotatable bonds is 4. The highest BCUT2D eigenvalue weighted by Gasteiger charge is 2.25. The third-order valence-electron chi connectivity index (χ3n) is 4.84. The van der Waals surface area contributed by atoms with Crippen LogP contribution >= 0.6 is 11.6 Å². The van der Waals surface area contributed by atoms with E-state index < -0.39 is 23.0 Å². The zero-order chi connectivity index (χ0) is 24.7. The predicted octanol–water partition coefficient (Wildman–Crippen LogP) is 3.44. The van der Waals surface area contributed by atoms with Gasteiger partial charge in [-0.25, -0.2) is 22.7 Å². The summed E-state index contributed by atoms with van der Waals surface area (Å²) in [5.41, 5.74) is 10.2. The molecule has 4 rings (SSSR count). The Labute approximate surface area is 194 Å². The van der Waals surface area contributed by atoms with E-state index in [0.717, 1.165) is 28.8 Å². The third-order valence-corrected chi connectivity index (χ3v) is 5.13. The van der Waals surface area contributed by atoms with Crippen LogP contribution in [0, 0.1) is 28.8 Å². The van der Waals surface area contributed by atoms with Crippen molar-refractivity contribution in [3.8, 4) is 11.8 Å². The van der Waals surface area contributed by atoms with E-state index in [9.17, 15) is 23.2 Å². The van der Waals surface area contributed by atoms with Crippen molar-refractivity contribution in [1.82, 2.24) is 19.5 Å². The van der Waals surface area contributed by atoms with Crippen LogP contribution in [0.1, 0.15) is 12.5 Å². The number of benzene rings is 2. The molecule has 0 aliphatic heterocycles. The quantitative estimate of drug-likeness (QED) is 0.447. The number of nitriles is 1. The lowest BCUT2D eigenvalue weighted by atomic mass is 10.2. The fraction of sp³-hybridized carbons (Fsp3) is 0.0952. The normalized spacial score (nSPS) is 10.9. The number of nitrogen functional groups attached to an aromatic ring is 2. The second kappa shape index (κ2) is 8.53. The molecule has 34 heavy (non-hydrogen) atoms. The second-order valence-corrected chi connectivity index (χ2v) is 7.39. The Morgan fingerprint density at radius 1 is 1.06 bits per heavy atom. The summed E-state index contributed by atoms with van der Waals surface area (Å²) in [5, 5.41) is 9.20. The van der Waals surface area contributed by atoms with Gasteiger partial charge in [-0.1, -0.05) is 11.6 Å². The molecule has 0 unspecified atom stereocenters. The van der Waals surface area contributed by atoms with Crippen LogP contribution < -0.4 is 21.9 Å². The van der Waals surface area contributed by atoms with E-state index in [0.29, 0.717) is 6.07 Å². The summed E-state index contributed by atoms with van der Waals surface area (Å²) in [6.07, 6.45) is 0. The highest BCUT2D eigenvalue weighted by atomic mass is 35.5. The maximum atomic E-state index is 14.1. The van der Waals surface area contributed by atoms with Crippen LogP contribution in [0.4, 0.5) is 36.7 Å². The first-order chi connectivity index (χ1) is 16.1. The van der Waals surface area contributed by atoms with Gasteiger partial charge in [-0.2, -0.15) is 15.2 Å². The van der Waals surface area contributed by atoms with Crippen LogP contribution in [0.3, 0.4) is 0 Å². The maximum Gasteiger partial charge on any atom is 0.267 e. The number of fused-ring (bicyclic) bond motifs is 1. The smallest absolute Gasteiger partial charge is 0.267 e. The molecule has 2 aromatic heterocycles. The zero-order valence-corrected chi connectivity index (χ0v) is 18.1. The van der Waals surface area contributed by atoms with Gasteiger partial charge in [0.05, 0.1) is 21.6 Å². The highest BCUT2D eigenvalue weighted by Crippen LogP contribution is 2.32. The molecule has 0 aliphatic carbocycles. The number of halogens is 4. The van der Waals surface area contributed by atoms with Crippen LogP contribution in [0.25, 0.3) is 16.6 Å². The first-order valence-corrected chi connectivity index (χ1v) is 10.0. The Bertz CT molecular complexity index is 1550. The molecule has 0 radical (unpaired) electrons. The molecule has 2 heterocycles. The van der Waals surface area contributed by atoms with Crippen molar-refractivity contribution in [3.63, 3.8) is 0 Å². The van der Waals surface area contributed by atoms with E-state index in [2.05, 4.69) is 15.0 Å². The summed E-state index contributed by atoms with van der Waals surface area (Å²) < 4.78 is 43.1. The number of hydrogen-bond donors (Lipinski definition) is 2. The SMILES string of the molecule is CCN(c1nc(N)nc(N)c1C#N)c1nc2c(Cl)cc(F)cc2c(=O)n1-c1cc(F)cc(F)c1. The maximum absolute atomic E-state index is 14.1. The molecule has 0 bridgehead atoms. The molecule has 172 valence electrons. The molecule has 13 heteroatoms. The number of anilines is 4. The van der Waals surface area contributed by atoms with Gasteiger partial charge in [-0.05, 0) is 31.2 Å². The molecular formula is C21H14ClF3N8O. The third kappa shape index (κ3) is 3.82. The molecule has 0 fully saturated rings. The lowest BCUT2D eigenvalue weighted by Crippen LogP contribution is -2.31. The van der Waals surface area contributed by atoms with Gasteiger partial charge in [-0.15, -0.1) is 0 Å². The molecule has 9 nitrogen and oxygen atoms in total.